The summed E-state index contributed by atoms with van der Waals surface area (Å²) < 4.78 is 16.3. The molecule has 5 nitrogen and oxygen atoms in total. The zero-order valence-electron chi connectivity index (χ0n) is 15.3. The van der Waals surface area contributed by atoms with Crippen molar-refractivity contribution in [3.05, 3.63) is 41.8 Å². The Morgan fingerprint density at radius 1 is 1.22 bits per heavy atom. The van der Waals surface area contributed by atoms with Crippen LogP contribution in [0.25, 0.3) is 22.0 Å². The molecule has 0 bridgehead atoms. The Morgan fingerprint density at radius 2 is 2.04 bits per heavy atom. The van der Waals surface area contributed by atoms with E-state index >= 15 is 0 Å². The number of anilines is 2. The molecule has 2 N–H and O–H groups in total. The molecule has 0 unspecified atom stereocenters. The predicted molar refractivity (Wildman–Crippen MR) is 104 cm³/mol. The van der Waals surface area contributed by atoms with E-state index in [-0.39, 0.29) is 17.8 Å². The maximum atomic E-state index is 14.3. The van der Waals surface area contributed by atoms with Crippen LogP contribution in [0.15, 0.2) is 30.3 Å². The molecular weight excluding hydrogens is 343 g/mol. The van der Waals surface area contributed by atoms with Gasteiger partial charge in [-0.2, -0.15) is 5.10 Å². The largest absolute Gasteiger partial charge is 0.380 e. The molecule has 1 amide bonds. The molecule has 1 saturated carbocycles. The summed E-state index contributed by atoms with van der Waals surface area (Å²) in [6.45, 7) is 1.96. The van der Waals surface area contributed by atoms with Crippen molar-refractivity contribution >= 4 is 28.2 Å². The Bertz CT molecular complexity index is 1080. The second kappa shape index (κ2) is 5.81. The van der Waals surface area contributed by atoms with Gasteiger partial charge < -0.3 is 10.6 Å². The molecule has 2 heterocycles. The van der Waals surface area contributed by atoms with Crippen LogP contribution in [-0.2, 0) is 11.8 Å². The van der Waals surface area contributed by atoms with Crippen LogP contribution in [0.5, 0.6) is 0 Å². The first-order valence-electron chi connectivity index (χ1n) is 9.36. The van der Waals surface area contributed by atoms with Gasteiger partial charge in [0, 0.05) is 36.4 Å². The fourth-order valence-corrected chi connectivity index (χ4v) is 3.98. The number of fused-ring (bicyclic) bond motifs is 2. The molecule has 0 saturated heterocycles. The second-order valence-corrected chi connectivity index (χ2v) is 7.69. The highest BCUT2D eigenvalue weighted by Crippen LogP contribution is 2.44. The summed E-state index contributed by atoms with van der Waals surface area (Å²) in [7, 11) is 1.96. The summed E-state index contributed by atoms with van der Waals surface area (Å²) in [4.78, 5) is 12.0. The Morgan fingerprint density at radius 3 is 2.81 bits per heavy atom. The van der Waals surface area contributed by atoms with Gasteiger partial charge in [-0.15, -0.1) is 0 Å². The van der Waals surface area contributed by atoms with Crippen molar-refractivity contribution in [3.8, 4) is 11.1 Å². The average Bonchev–Trinajstić information content (AvgIpc) is 3.42. The van der Waals surface area contributed by atoms with E-state index in [1.807, 2.05) is 30.8 Å². The van der Waals surface area contributed by atoms with E-state index in [0.29, 0.717) is 18.0 Å². The number of benzene rings is 2. The number of carbonyl (C=O) groups is 1. The summed E-state index contributed by atoms with van der Waals surface area (Å²) >= 11 is 0. The standard InChI is InChI=1S/C21H21FN4O/c1-11-7-19(27)24-17-10-14(22)9-15(21(17)23-11)13-5-6-18-16(8-13)20(12-3-4-12)25-26(18)2/h5-6,8-12,23H,3-4,7H2,1-2H3,(H,24,27)/t11-/m1/s1. The van der Waals surface area contributed by atoms with Crippen molar-refractivity contribution in [3.63, 3.8) is 0 Å². The lowest BCUT2D eigenvalue weighted by Crippen LogP contribution is -2.19. The topological polar surface area (TPSA) is 59.0 Å². The third-order valence-electron chi connectivity index (χ3n) is 5.41. The van der Waals surface area contributed by atoms with E-state index in [2.05, 4.69) is 16.7 Å². The van der Waals surface area contributed by atoms with Gasteiger partial charge in [0.05, 0.1) is 22.6 Å². The molecule has 3 aromatic rings. The van der Waals surface area contributed by atoms with Crippen molar-refractivity contribution < 1.29 is 9.18 Å². The number of nitrogens with one attached hydrogen (secondary N) is 2. The lowest BCUT2D eigenvalue weighted by Gasteiger charge is -2.17. The minimum Gasteiger partial charge on any atom is -0.380 e. The summed E-state index contributed by atoms with van der Waals surface area (Å²) in [6.07, 6.45) is 2.71. The minimum absolute atomic E-state index is 0.0281. The van der Waals surface area contributed by atoms with Gasteiger partial charge in [0.15, 0.2) is 0 Å². The highest BCUT2D eigenvalue weighted by atomic mass is 19.1. The van der Waals surface area contributed by atoms with Gasteiger partial charge in [-0.1, -0.05) is 6.07 Å². The first kappa shape index (κ1) is 16.3. The molecule has 138 valence electrons. The monoisotopic (exact) mass is 364 g/mol. The van der Waals surface area contributed by atoms with Crippen molar-refractivity contribution in [1.29, 1.82) is 0 Å². The van der Waals surface area contributed by atoms with E-state index in [1.165, 1.54) is 25.0 Å². The molecule has 5 rings (SSSR count). The molecule has 27 heavy (non-hydrogen) atoms. The summed E-state index contributed by atoms with van der Waals surface area (Å²) in [6, 6.07) is 9.02. The van der Waals surface area contributed by atoms with E-state index in [9.17, 15) is 9.18 Å². The Labute approximate surface area is 156 Å². The number of aromatic nitrogens is 2. The number of aryl methyl sites for hydroxylation is 1. The fourth-order valence-electron chi connectivity index (χ4n) is 3.98. The molecule has 1 aromatic heterocycles. The third kappa shape index (κ3) is 2.76. The lowest BCUT2D eigenvalue weighted by atomic mass is 9.99. The number of amides is 1. The van der Waals surface area contributed by atoms with Gasteiger partial charge in [0.2, 0.25) is 5.91 Å². The molecule has 2 aliphatic rings. The Hall–Kier alpha value is -2.89. The zero-order valence-corrected chi connectivity index (χ0v) is 15.3. The van der Waals surface area contributed by atoms with Crippen LogP contribution in [0.3, 0.4) is 0 Å². The quantitative estimate of drug-likeness (QED) is 0.709. The van der Waals surface area contributed by atoms with Crippen LogP contribution < -0.4 is 10.6 Å². The third-order valence-corrected chi connectivity index (χ3v) is 5.41. The number of nitrogens with zero attached hydrogens (tertiary/aromatic N) is 2. The number of halogens is 1. The van der Waals surface area contributed by atoms with Gasteiger partial charge in [-0.05, 0) is 49.6 Å². The van der Waals surface area contributed by atoms with Crippen LogP contribution in [0.2, 0.25) is 0 Å². The molecule has 1 aliphatic carbocycles. The lowest BCUT2D eigenvalue weighted by molar-refractivity contribution is -0.116. The SMILES string of the molecule is C[C@@H]1CC(=O)Nc2cc(F)cc(-c3ccc4c(c3)c(C3CC3)nn4C)c2N1. The van der Waals surface area contributed by atoms with Crippen LogP contribution in [-0.4, -0.2) is 21.7 Å². The van der Waals surface area contributed by atoms with Gasteiger partial charge in [0.25, 0.3) is 0 Å². The molecule has 1 fully saturated rings. The second-order valence-electron chi connectivity index (χ2n) is 7.69. The number of carbonyl (C=O) groups excluding carboxylic acids is 1. The molecular formula is C21H21FN4O. The van der Waals surface area contributed by atoms with Gasteiger partial charge in [0.1, 0.15) is 5.82 Å². The van der Waals surface area contributed by atoms with Gasteiger partial charge in [-0.3, -0.25) is 9.48 Å². The minimum atomic E-state index is -0.367. The van der Waals surface area contributed by atoms with Crippen molar-refractivity contribution in [2.45, 2.75) is 38.1 Å². The van der Waals surface area contributed by atoms with Gasteiger partial charge >= 0.3 is 0 Å². The molecule has 0 spiro atoms. The van der Waals surface area contributed by atoms with Crippen LogP contribution in [0, 0.1) is 5.82 Å². The van der Waals surface area contributed by atoms with E-state index in [4.69, 9.17) is 5.10 Å². The summed E-state index contributed by atoms with van der Waals surface area (Å²) in [5.41, 5.74) is 5.15. The first-order valence-corrected chi connectivity index (χ1v) is 9.36. The van der Waals surface area contributed by atoms with Crippen LogP contribution in [0.1, 0.15) is 37.8 Å². The van der Waals surface area contributed by atoms with E-state index < -0.39 is 0 Å². The maximum absolute atomic E-state index is 14.3. The summed E-state index contributed by atoms with van der Waals surface area (Å²) in [5.74, 6) is 0.0594. The van der Waals surface area contributed by atoms with E-state index in [1.54, 1.807) is 0 Å². The highest BCUT2D eigenvalue weighted by molar-refractivity contribution is 6.01. The molecule has 0 radical (unpaired) electrons. The number of hydrogen-bond donors (Lipinski definition) is 2. The summed E-state index contributed by atoms with van der Waals surface area (Å²) in [5, 5.41) is 12.0. The number of rotatable bonds is 2. The van der Waals surface area contributed by atoms with Gasteiger partial charge in [-0.25, -0.2) is 4.39 Å². The van der Waals surface area contributed by atoms with Crippen LogP contribution in [0.4, 0.5) is 15.8 Å². The van der Waals surface area contributed by atoms with E-state index in [0.717, 1.165) is 33.4 Å². The smallest absolute Gasteiger partial charge is 0.226 e. The highest BCUT2D eigenvalue weighted by Gasteiger charge is 2.29. The van der Waals surface area contributed by atoms with Crippen LogP contribution >= 0.6 is 0 Å². The zero-order chi connectivity index (χ0) is 18.7. The normalized spacial score (nSPS) is 19.4. The maximum Gasteiger partial charge on any atom is 0.226 e. The predicted octanol–water partition coefficient (Wildman–Crippen LogP) is 4.40. The Kier molecular flexibility index (Phi) is 3.50. The van der Waals surface area contributed by atoms with Crippen molar-refractivity contribution in [2.75, 3.05) is 10.6 Å². The van der Waals surface area contributed by atoms with Crippen molar-refractivity contribution in [2.24, 2.45) is 7.05 Å². The van der Waals surface area contributed by atoms with Crippen molar-refractivity contribution in [1.82, 2.24) is 9.78 Å². The first-order chi connectivity index (χ1) is 13.0. The fraction of sp³-hybridized carbons (Fsp3) is 0.333. The molecule has 6 heteroatoms. The molecule has 1 aliphatic heterocycles. The Balaban J connectivity index is 1.71. The molecule has 1 atom stereocenters. The molecule has 2 aromatic carbocycles. The number of hydrogen-bond acceptors (Lipinski definition) is 3. The average molecular weight is 364 g/mol.